The topological polar surface area (TPSA) is 83.6 Å². The molecule has 1 N–H and O–H groups in total. The van der Waals surface area contributed by atoms with E-state index in [0.29, 0.717) is 10.7 Å². The highest BCUT2D eigenvalue weighted by atomic mass is 35.5. The molecule has 9 heteroatoms. The number of rotatable bonds is 3. The third-order valence-corrected chi connectivity index (χ3v) is 3.35. The van der Waals surface area contributed by atoms with E-state index in [9.17, 15) is 4.79 Å². The second-order valence-electron chi connectivity index (χ2n) is 3.69. The van der Waals surface area contributed by atoms with Gasteiger partial charge in [-0.2, -0.15) is 5.26 Å². The van der Waals surface area contributed by atoms with Crippen LogP contribution in [0, 0.1) is 11.3 Å². The van der Waals surface area contributed by atoms with E-state index in [1.165, 1.54) is 23.0 Å². The first-order valence-corrected chi connectivity index (χ1v) is 6.37. The second-order valence-corrected chi connectivity index (χ2v) is 4.91. The number of hydrogen-bond donors (Lipinski definition) is 1. The maximum absolute atomic E-state index is 11.9. The zero-order valence-corrected chi connectivity index (χ0v) is 12.0. The maximum atomic E-state index is 11.9. The van der Waals surface area contributed by atoms with Crippen molar-refractivity contribution < 1.29 is 4.79 Å². The van der Waals surface area contributed by atoms with Gasteiger partial charge in [0.05, 0.1) is 20.8 Å². The van der Waals surface area contributed by atoms with E-state index in [4.69, 9.17) is 40.1 Å². The van der Waals surface area contributed by atoms with Gasteiger partial charge in [-0.3, -0.25) is 9.36 Å². The fourth-order valence-electron chi connectivity index (χ4n) is 1.42. The molecule has 0 fully saturated rings. The predicted octanol–water partition coefficient (Wildman–Crippen LogP) is 2.75. The molecule has 1 amide bonds. The lowest BCUT2D eigenvalue weighted by atomic mass is 10.3. The van der Waals surface area contributed by atoms with Crippen LogP contribution in [-0.2, 0) is 11.3 Å². The highest BCUT2D eigenvalue weighted by Crippen LogP contribution is 2.32. The Morgan fingerprint density at radius 2 is 2.00 bits per heavy atom. The molecule has 0 bridgehead atoms. The van der Waals surface area contributed by atoms with Gasteiger partial charge in [-0.15, -0.1) is 10.2 Å². The number of aromatic nitrogens is 3. The summed E-state index contributed by atoms with van der Waals surface area (Å²) in [7, 11) is 0. The lowest BCUT2D eigenvalue weighted by Crippen LogP contribution is -2.19. The molecule has 1 aromatic carbocycles. The molecule has 0 aliphatic heterocycles. The molecular weight excluding hydrogens is 325 g/mol. The maximum Gasteiger partial charge on any atom is 0.244 e. The number of nitrogens with one attached hydrogen (secondary N) is 1. The van der Waals surface area contributed by atoms with Crippen LogP contribution in [0.3, 0.4) is 0 Å². The molecule has 0 atom stereocenters. The molecule has 2 aromatic rings. The normalized spacial score (nSPS) is 10.1. The van der Waals surface area contributed by atoms with Crippen LogP contribution in [-0.4, -0.2) is 20.7 Å². The molecule has 20 heavy (non-hydrogen) atoms. The molecule has 0 radical (unpaired) electrons. The third kappa shape index (κ3) is 3.20. The summed E-state index contributed by atoms with van der Waals surface area (Å²) in [6.07, 6.45) is 1.29. The summed E-state index contributed by atoms with van der Waals surface area (Å²) in [5.41, 5.74) is 0.331. The van der Waals surface area contributed by atoms with Crippen molar-refractivity contribution in [2.45, 2.75) is 6.54 Å². The second kappa shape index (κ2) is 6.09. The quantitative estimate of drug-likeness (QED) is 0.877. The molecule has 0 saturated heterocycles. The van der Waals surface area contributed by atoms with E-state index in [1.807, 2.05) is 6.07 Å². The van der Waals surface area contributed by atoms with Gasteiger partial charge in [0.25, 0.3) is 0 Å². The highest BCUT2D eigenvalue weighted by Gasteiger charge is 2.12. The Balaban J connectivity index is 2.13. The summed E-state index contributed by atoms with van der Waals surface area (Å²) in [4.78, 5) is 11.9. The van der Waals surface area contributed by atoms with Crippen molar-refractivity contribution in [3.8, 4) is 6.07 Å². The third-order valence-electron chi connectivity index (χ3n) is 2.31. The van der Waals surface area contributed by atoms with Crippen molar-refractivity contribution in [3.63, 3.8) is 0 Å². The number of halogens is 3. The highest BCUT2D eigenvalue weighted by molar-refractivity contribution is 6.44. The predicted molar refractivity (Wildman–Crippen MR) is 74.8 cm³/mol. The number of anilines is 1. The number of nitrogens with zero attached hydrogens (tertiary/aromatic N) is 4. The van der Waals surface area contributed by atoms with Crippen molar-refractivity contribution in [1.29, 1.82) is 5.26 Å². The van der Waals surface area contributed by atoms with Crippen LogP contribution in [0.25, 0.3) is 0 Å². The van der Waals surface area contributed by atoms with Crippen molar-refractivity contribution in [3.05, 3.63) is 39.4 Å². The molecule has 0 saturated carbocycles. The minimum Gasteiger partial charge on any atom is -0.323 e. The zero-order valence-electron chi connectivity index (χ0n) is 9.77. The minimum atomic E-state index is -0.401. The summed E-state index contributed by atoms with van der Waals surface area (Å²) in [6.45, 7) is -0.119. The molecule has 0 spiro atoms. The van der Waals surface area contributed by atoms with Crippen molar-refractivity contribution >= 4 is 46.4 Å². The number of carbonyl (C=O) groups excluding carboxylic acids is 1. The van der Waals surface area contributed by atoms with E-state index in [2.05, 4.69) is 15.5 Å². The molecule has 0 unspecified atom stereocenters. The summed E-state index contributed by atoms with van der Waals surface area (Å²) in [5.74, 6) is -0.359. The molecular formula is C11H6Cl3N5O. The van der Waals surface area contributed by atoms with Crippen LogP contribution in [0.4, 0.5) is 5.69 Å². The van der Waals surface area contributed by atoms with Crippen LogP contribution in [0.2, 0.25) is 15.1 Å². The van der Waals surface area contributed by atoms with Gasteiger partial charge in [-0.1, -0.05) is 34.8 Å². The van der Waals surface area contributed by atoms with Crippen LogP contribution in [0.1, 0.15) is 5.82 Å². The first-order chi connectivity index (χ1) is 9.51. The largest absolute Gasteiger partial charge is 0.323 e. The summed E-state index contributed by atoms with van der Waals surface area (Å²) < 4.78 is 1.31. The van der Waals surface area contributed by atoms with E-state index in [-0.39, 0.29) is 22.4 Å². The Kier molecular flexibility index (Phi) is 4.45. The van der Waals surface area contributed by atoms with E-state index < -0.39 is 5.91 Å². The average molecular weight is 331 g/mol. The molecule has 102 valence electrons. The van der Waals surface area contributed by atoms with Gasteiger partial charge in [-0.05, 0) is 12.1 Å². The fraction of sp³-hybridized carbons (Fsp3) is 0.0909. The molecule has 0 aliphatic rings. The number of carbonyl (C=O) groups is 1. The van der Waals surface area contributed by atoms with Gasteiger partial charge in [0, 0.05) is 0 Å². The van der Waals surface area contributed by atoms with E-state index >= 15 is 0 Å². The molecule has 1 heterocycles. The van der Waals surface area contributed by atoms with Gasteiger partial charge in [0.2, 0.25) is 11.7 Å². The Labute approximate surface area is 128 Å². The summed E-state index contributed by atoms with van der Waals surface area (Å²) in [5, 5.41) is 19.2. The molecule has 0 aliphatic carbocycles. The monoisotopic (exact) mass is 329 g/mol. The van der Waals surface area contributed by atoms with E-state index in [0.717, 1.165) is 0 Å². The first-order valence-electron chi connectivity index (χ1n) is 5.23. The SMILES string of the molecule is N#Cc1nncn1CC(=O)Nc1cc(Cl)c(Cl)cc1Cl. The van der Waals surface area contributed by atoms with Crippen molar-refractivity contribution in [1.82, 2.24) is 14.8 Å². The van der Waals surface area contributed by atoms with Crippen molar-refractivity contribution in [2.75, 3.05) is 5.32 Å². The van der Waals surface area contributed by atoms with Gasteiger partial charge < -0.3 is 5.32 Å². The summed E-state index contributed by atoms with van der Waals surface area (Å²) in [6, 6.07) is 4.69. The molecule has 6 nitrogen and oxygen atoms in total. The fourth-order valence-corrected chi connectivity index (χ4v) is 2.01. The smallest absolute Gasteiger partial charge is 0.244 e. The standard InChI is InChI=1S/C11H6Cl3N5O/c12-6-1-8(14)9(2-7(6)13)17-11(20)4-19-5-16-18-10(19)3-15/h1-2,5H,4H2,(H,17,20). The van der Waals surface area contributed by atoms with Crippen molar-refractivity contribution in [2.24, 2.45) is 0 Å². The number of hydrogen-bond acceptors (Lipinski definition) is 4. The average Bonchev–Trinajstić information content (AvgIpc) is 2.83. The van der Waals surface area contributed by atoms with Gasteiger partial charge in [-0.25, -0.2) is 0 Å². The minimum absolute atomic E-state index is 0.0420. The number of nitriles is 1. The Morgan fingerprint density at radius 3 is 2.70 bits per heavy atom. The van der Waals surface area contributed by atoms with Crippen LogP contribution < -0.4 is 5.32 Å². The lowest BCUT2D eigenvalue weighted by Gasteiger charge is -2.09. The lowest BCUT2D eigenvalue weighted by molar-refractivity contribution is -0.116. The van der Waals surface area contributed by atoms with E-state index in [1.54, 1.807) is 0 Å². The Hall–Kier alpha value is -1.81. The first kappa shape index (κ1) is 14.6. The van der Waals surface area contributed by atoms with Crippen LogP contribution in [0.15, 0.2) is 18.5 Å². The molecule has 1 aromatic heterocycles. The van der Waals surface area contributed by atoms with Crippen LogP contribution >= 0.6 is 34.8 Å². The van der Waals surface area contributed by atoms with Gasteiger partial charge >= 0.3 is 0 Å². The van der Waals surface area contributed by atoms with Gasteiger partial charge in [0.15, 0.2) is 0 Å². The number of benzene rings is 1. The Bertz CT molecular complexity index is 707. The number of amides is 1. The molecule has 2 rings (SSSR count). The Morgan fingerprint density at radius 1 is 1.30 bits per heavy atom. The van der Waals surface area contributed by atoms with Crippen LogP contribution in [0.5, 0.6) is 0 Å². The van der Waals surface area contributed by atoms with Gasteiger partial charge in [0.1, 0.15) is 18.9 Å². The zero-order chi connectivity index (χ0) is 14.7. The summed E-state index contributed by atoms with van der Waals surface area (Å²) >= 11 is 17.6.